The molecule has 0 spiro atoms. The molecule has 1 aromatic heterocycles. The van der Waals surface area contributed by atoms with Gasteiger partial charge < -0.3 is 19.7 Å². The van der Waals surface area contributed by atoms with Gasteiger partial charge in [-0.15, -0.1) is 0 Å². The number of nitro benzene ring substituents is 1. The second-order valence-electron chi connectivity index (χ2n) is 10.4. The summed E-state index contributed by atoms with van der Waals surface area (Å²) in [6, 6.07) is 13.5. The molecule has 0 atom stereocenters. The van der Waals surface area contributed by atoms with E-state index in [4.69, 9.17) is 9.47 Å². The van der Waals surface area contributed by atoms with Crippen LogP contribution in [0.2, 0.25) is 0 Å². The zero-order chi connectivity index (χ0) is 28.2. The van der Waals surface area contributed by atoms with E-state index in [1.165, 1.54) is 18.3 Å². The maximum absolute atomic E-state index is 13.4. The second-order valence-corrected chi connectivity index (χ2v) is 10.4. The summed E-state index contributed by atoms with van der Waals surface area (Å²) in [6.07, 6.45) is 2.38. The van der Waals surface area contributed by atoms with Gasteiger partial charge in [-0.05, 0) is 63.4 Å². The van der Waals surface area contributed by atoms with Gasteiger partial charge in [0.1, 0.15) is 11.4 Å². The van der Waals surface area contributed by atoms with Crippen molar-refractivity contribution >= 4 is 17.7 Å². The lowest BCUT2D eigenvalue weighted by Crippen LogP contribution is -2.41. The van der Waals surface area contributed by atoms with Gasteiger partial charge in [0.2, 0.25) is 0 Å². The number of non-ortho nitro benzene ring substituents is 1. The molecule has 1 aliphatic heterocycles. The van der Waals surface area contributed by atoms with Gasteiger partial charge in [0, 0.05) is 37.7 Å². The van der Waals surface area contributed by atoms with E-state index in [0.29, 0.717) is 49.4 Å². The molecular weight excluding hydrogens is 502 g/mol. The molecule has 1 fully saturated rings. The number of nitrogens with zero attached hydrogens (tertiary/aromatic N) is 4. The fourth-order valence-electron chi connectivity index (χ4n) is 4.53. The number of benzene rings is 2. The van der Waals surface area contributed by atoms with Crippen LogP contribution in [0.4, 0.5) is 10.5 Å². The molecule has 1 N–H and O–H groups in total. The van der Waals surface area contributed by atoms with Crippen LogP contribution in [-0.4, -0.2) is 57.4 Å². The number of ether oxygens (including phenoxy) is 2. The summed E-state index contributed by atoms with van der Waals surface area (Å²) < 4.78 is 12.4. The first kappa shape index (κ1) is 27.6. The smallest absolute Gasteiger partial charge is 0.410 e. The summed E-state index contributed by atoms with van der Waals surface area (Å²) in [5.41, 5.74) is 2.05. The Kier molecular flexibility index (Phi) is 8.18. The van der Waals surface area contributed by atoms with Crippen LogP contribution in [0, 0.1) is 10.1 Å². The normalized spacial score (nSPS) is 14.1. The molecule has 4 rings (SSSR count). The number of hydrogen-bond acceptors (Lipinski definition) is 7. The molecule has 1 saturated heterocycles. The van der Waals surface area contributed by atoms with Gasteiger partial charge in [0.25, 0.3) is 11.6 Å². The third-order valence-corrected chi connectivity index (χ3v) is 6.50. The van der Waals surface area contributed by atoms with E-state index in [2.05, 4.69) is 10.4 Å². The molecule has 11 nitrogen and oxygen atoms in total. The third kappa shape index (κ3) is 6.73. The first-order chi connectivity index (χ1) is 18.6. The highest BCUT2D eigenvalue weighted by atomic mass is 16.6. The van der Waals surface area contributed by atoms with Gasteiger partial charge in [0.15, 0.2) is 0 Å². The van der Waals surface area contributed by atoms with Gasteiger partial charge in [-0.3, -0.25) is 14.9 Å². The number of amides is 2. The lowest BCUT2D eigenvalue weighted by Gasteiger charge is -2.34. The van der Waals surface area contributed by atoms with Crippen molar-refractivity contribution in [2.75, 3.05) is 20.2 Å². The molecule has 0 aliphatic carbocycles. The SMILES string of the molecule is COc1ccc(CNC(=O)c2cnn(-c3ccc([N+](=O)[O-])cc3)c2C2CCN(C(=O)OC(C)(C)C)CC2)cc1. The first-order valence-electron chi connectivity index (χ1n) is 12.8. The maximum atomic E-state index is 13.4. The summed E-state index contributed by atoms with van der Waals surface area (Å²) in [5, 5.41) is 18.6. The Bertz CT molecular complexity index is 1320. The first-order valence-corrected chi connectivity index (χ1v) is 12.8. The summed E-state index contributed by atoms with van der Waals surface area (Å²) >= 11 is 0. The van der Waals surface area contributed by atoms with Crippen LogP contribution in [0.1, 0.15) is 61.1 Å². The van der Waals surface area contributed by atoms with Crippen molar-refractivity contribution in [2.24, 2.45) is 0 Å². The van der Waals surface area contributed by atoms with Crippen LogP contribution in [0.3, 0.4) is 0 Å². The topological polar surface area (TPSA) is 129 Å². The quantitative estimate of drug-likeness (QED) is 0.339. The Morgan fingerprint density at radius 1 is 1.08 bits per heavy atom. The van der Waals surface area contributed by atoms with Gasteiger partial charge in [-0.1, -0.05) is 12.1 Å². The second kappa shape index (κ2) is 11.5. The fraction of sp³-hybridized carbons (Fsp3) is 0.393. The Morgan fingerprint density at radius 3 is 2.28 bits per heavy atom. The molecule has 2 amide bonds. The molecule has 0 radical (unpaired) electrons. The lowest BCUT2D eigenvalue weighted by molar-refractivity contribution is -0.384. The van der Waals surface area contributed by atoms with Crippen LogP contribution in [-0.2, 0) is 11.3 Å². The third-order valence-electron chi connectivity index (χ3n) is 6.50. The standard InChI is InChI=1S/C28H33N5O6/c1-28(2,3)39-27(35)31-15-13-20(14-16-31)25-24(26(34)29-17-19-5-11-23(38-4)12-6-19)18-30-32(25)21-7-9-22(10-8-21)33(36)37/h5-12,18,20H,13-17H2,1-4H3,(H,29,34). The van der Waals surface area contributed by atoms with Crippen molar-refractivity contribution < 1.29 is 24.0 Å². The van der Waals surface area contributed by atoms with E-state index >= 15 is 0 Å². The molecule has 1 aliphatic rings. The van der Waals surface area contributed by atoms with Crippen molar-refractivity contribution in [3.63, 3.8) is 0 Å². The van der Waals surface area contributed by atoms with Crippen molar-refractivity contribution in [3.05, 3.63) is 81.7 Å². The van der Waals surface area contributed by atoms with Gasteiger partial charge in [-0.25, -0.2) is 9.48 Å². The molecule has 0 unspecified atom stereocenters. The number of likely N-dealkylation sites (tertiary alicyclic amines) is 1. The van der Waals surface area contributed by atoms with E-state index in [0.717, 1.165) is 11.3 Å². The number of aromatic nitrogens is 2. The number of piperidine rings is 1. The molecular formula is C28H33N5O6. The van der Waals surface area contributed by atoms with E-state index < -0.39 is 10.5 Å². The molecule has 11 heteroatoms. The Morgan fingerprint density at radius 2 is 1.72 bits per heavy atom. The average Bonchev–Trinajstić information content (AvgIpc) is 3.36. The minimum Gasteiger partial charge on any atom is -0.497 e. The predicted molar refractivity (Wildman–Crippen MR) is 144 cm³/mol. The number of hydrogen-bond donors (Lipinski definition) is 1. The van der Waals surface area contributed by atoms with E-state index in [1.807, 2.05) is 45.0 Å². The summed E-state index contributed by atoms with van der Waals surface area (Å²) in [6.45, 7) is 6.75. The van der Waals surface area contributed by atoms with Crippen LogP contribution in [0.5, 0.6) is 5.75 Å². The molecule has 0 saturated carbocycles. The average molecular weight is 536 g/mol. The fourth-order valence-corrected chi connectivity index (χ4v) is 4.53. The highest BCUT2D eigenvalue weighted by molar-refractivity contribution is 5.95. The summed E-state index contributed by atoms with van der Waals surface area (Å²) in [7, 11) is 1.60. The van der Waals surface area contributed by atoms with Gasteiger partial charge in [-0.2, -0.15) is 5.10 Å². The maximum Gasteiger partial charge on any atom is 0.410 e. The number of rotatable bonds is 7. The molecule has 39 heavy (non-hydrogen) atoms. The number of nitro groups is 1. The van der Waals surface area contributed by atoms with Gasteiger partial charge in [0.05, 0.1) is 35.2 Å². The van der Waals surface area contributed by atoms with Crippen LogP contribution in [0.15, 0.2) is 54.7 Å². The Hall–Kier alpha value is -4.41. The molecule has 0 bridgehead atoms. The van der Waals surface area contributed by atoms with E-state index in [-0.39, 0.29) is 23.6 Å². The number of carbonyl (C=O) groups excluding carboxylic acids is 2. The minimum atomic E-state index is -0.586. The predicted octanol–water partition coefficient (Wildman–Crippen LogP) is 4.83. The summed E-state index contributed by atoms with van der Waals surface area (Å²) in [4.78, 5) is 38.3. The summed E-state index contributed by atoms with van der Waals surface area (Å²) in [5.74, 6) is 0.390. The monoisotopic (exact) mass is 535 g/mol. The molecule has 2 aromatic carbocycles. The lowest BCUT2D eigenvalue weighted by atomic mass is 9.90. The van der Waals surface area contributed by atoms with Crippen molar-refractivity contribution in [1.82, 2.24) is 20.0 Å². The number of carbonyl (C=O) groups is 2. The van der Waals surface area contributed by atoms with E-state index in [9.17, 15) is 19.7 Å². The van der Waals surface area contributed by atoms with Crippen molar-refractivity contribution in [3.8, 4) is 11.4 Å². The molecule has 3 aromatic rings. The van der Waals surface area contributed by atoms with Crippen LogP contribution < -0.4 is 10.1 Å². The Labute approximate surface area is 226 Å². The minimum absolute atomic E-state index is 0.0319. The Balaban J connectivity index is 1.57. The number of methoxy groups -OCH3 is 1. The molecule has 206 valence electrons. The van der Waals surface area contributed by atoms with Crippen molar-refractivity contribution in [2.45, 2.75) is 51.7 Å². The van der Waals surface area contributed by atoms with Crippen molar-refractivity contribution in [1.29, 1.82) is 0 Å². The largest absolute Gasteiger partial charge is 0.497 e. The highest BCUT2D eigenvalue weighted by Gasteiger charge is 2.32. The van der Waals surface area contributed by atoms with E-state index in [1.54, 1.807) is 28.8 Å². The van der Waals surface area contributed by atoms with Gasteiger partial charge >= 0.3 is 6.09 Å². The van der Waals surface area contributed by atoms with Crippen LogP contribution in [0.25, 0.3) is 5.69 Å². The highest BCUT2D eigenvalue weighted by Crippen LogP contribution is 2.33. The zero-order valence-corrected chi connectivity index (χ0v) is 22.5. The zero-order valence-electron chi connectivity index (χ0n) is 22.5. The number of nitrogens with one attached hydrogen (secondary N) is 1. The molecule has 2 heterocycles. The van der Waals surface area contributed by atoms with Crippen LogP contribution >= 0.6 is 0 Å².